The van der Waals surface area contributed by atoms with E-state index in [2.05, 4.69) is 5.92 Å². The highest BCUT2D eigenvalue weighted by atomic mass is 19.1. The molecule has 0 bridgehead atoms. The van der Waals surface area contributed by atoms with Crippen LogP contribution in [0.3, 0.4) is 0 Å². The van der Waals surface area contributed by atoms with Crippen LogP contribution in [0.1, 0.15) is 20.8 Å². The first-order chi connectivity index (χ1) is 5.61. The molecule has 0 N–H and O–H groups in total. The van der Waals surface area contributed by atoms with E-state index in [1.165, 1.54) is 0 Å². The number of rotatable bonds is 3. The molecule has 0 spiro atoms. The van der Waals surface area contributed by atoms with Crippen LogP contribution in [0.15, 0.2) is 23.3 Å². The Morgan fingerprint density at radius 3 is 2.50 bits per heavy atom. The van der Waals surface area contributed by atoms with E-state index in [9.17, 15) is 4.39 Å². The topological polar surface area (TPSA) is 0 Å². The maximum Gasteiger partial charge on any atom is 0.111 e. The van der Waals surface area contributed by atoms with Gasteiger partial charge in [-0.1, -0.05) is 25.8 Å². The van der Waals surface area contributed by atoms with Crippen LogP contribution in [0.25, 0.3) is 0 Å². The molecule has 0 unspecified atom stereocenters. The van der Waals surface area contributed by atoms with Gasteiger partial charge in [0.1, 0.15) is 6.67 Å². The van der Waals surface area contributed by atoms with E-state index in [1.54, 1.807) is 13.0 Å². The van der Waals surface area contributed by atoms with Crippen molar-refractivity contribution >= 4 is 0 Å². The second kappa shape index (κ2) is 5.60. The fourth-order valence-corrected chi connectivity index (χ4v) is 0.794. The molecule has 0 fully saturated rings. The lowest BCUT2D eigenvalue weighted by molar-refractivity contribution is 0.542. The van der Waals surface area contributed by atoms with Gasteiger partial charge in [-0.25, -0.2) is 4.39 Å². The quantitative estimate of drug-likeness (QED) is 0.446. The normalized spacial score (nSPS) is 13.3. The maximum atomic E-state index is 12.1. The number of alkyl halides is 1. The van der Waals surface area contributed by atoms with Crippen molar-refractivity contribution in [2.75, 3.05) is 6.67 Å². The summed E-state index contributed by atoms with van der Waals surface area (Å²) in [5, 5.41) is 0. The van der Waals surface area contributed by atoms with Crippen molar-refractivity contribution in [3.63, 3.8) is 0 Å². The summed E-state index contributed by atoms with van der Waals surface area (Å²) in [6.45, 7) is 5.41. The third-order valence-corrected chi connectivity index (χ3v) is 1.54. The molecule has 0 aromatic heterocycles. The van der Waals surface area contributed by atoms with Crippen LogP contribution >= 0.6 is 0 Å². The molecule has 0 amide bonds. The van der Waals surface area contributed by atoms with Gasteiger partial charge in [-0.2, -0.15) is 0 Å². The van der Waals surface area contributed by atoms with Gasteiger partial charge in [0.2, 0.25) is 0 Å². The molecule has 0 rings (SSSR count). The van der Waals surface area contributed by atoms with Crippen molar-refractivity contribution in [1.29, 1.82) is 0 Å². The Labute approximate surface area is 74.2 Å². The van der Waals surface area contributed by atoms with E-state index < -0.39 is 6.67 Å². The lowest BCUT2D eigenvalue weighted by Gasteiger charge is -2.05. The zero-order valence-corrected chi connectivity index (χ0v) is 7.89. The Morgan fingerprint density at radius 2 is 2.17 bits per heavy atom. The highest BCUT2D eigenvalue weighted by molar-refractivity contribution is 5.30. The fraction of sp³-hybridized carbons (Fsp3) is 0.455. The van der Waals surface area contributed by atoms with E-state index in [0.29, 0.717) is 11.5 Å². The third-order valence-electron chi connectivity index (χ3n) is 1.54. The Bertz CT molecular complexity index is 226. The SMILES string of the molecule is C#C/C=C(\C=C(\C)CF)C(C)C. The average Bonchev–Trinajstić information content (AvgIpc) is 2.03. The van der Waals surface area contributed by atoms with Crippen molar-refractivity contribution in [3.05, 3.63) is 23.3 Å². The van der Waals surface area contributed by atoms with Gasteiger partial charge in [0.05, 0.1) is 0 Å². The van der Waals surface area contributed by atoms with E-state index in [4.69, 9.17) is 6.42 Å². The highest BCUT2D eigenvalue weighted by Gasteiger charge is 1.99. The van der Waals surface area contributed by atoms with Crippen molar-refractivity contribution in [2.24, 2.45) is 5.92 Å². The lowest BCUT2D eigenvalue weighted by Crippen LogP contribution is -1.92. The highest BCUT2D eigenvalue weighted by Crippen LogP contribution is 2.13. The minimum Gasteiger partial charge on any atom is -0.246 e. The first-order valence-corrected chi connectivity index (χ1v) is 4.01. The van der Waals surface area contributed by atoms with E-state index in [0.717, 1.165) is 5.57 Å². The smallest absolute Gasteiger partial charge is 0.111 e. The van der Waals surface area contributed by atoms with Crippen LogP contribution in [-0.4, -0.2) is 6.67 Å². The monoisotopic (exact) mass is 166 g/mol. The Morgan fingerprint density at radius 1 is 1.58 bits per heavy atom. The van der Waals surface area contributed by atoms with Crippen LogP contribution in [0.4, 0.5) is 4.39 Å². The molecule has 0 aliphatic heterocycles. The summed E-state index contributed by atoms with van der Waals surface area (Å²) in [5.41, 5.74) is 1.72. The number of halogens is 1. The minimum atomic E-state index is -0.408. The first-order valence-electron chi connectivity index (χ1n) is 4.01. The molecule has 0 radical (unpaired) electrons. The molecule has 0 aromatic rings. The maximum absolute atomic E-state index is 12.1. The lowest BCUT2D eigenvalue weighted by atomic mass is 10.0. The molecule has 1 heteroatoms. The fourth-order valence-electron chi connectivity index (χ4n) is 0.794. The third kappa shape index (κ3) is 3.98. The van der Waals surface area contributed by atoms with Crippen LogP contribution < -0.4 is 0 Å². The van der Waals surface area contributed by atoms with Crippen LogP contribution in [-0.2, 0) is 0 Å². The summed E-state index contributed by atoms with van der Waals surface area (Å²) < 4.78 is 12.1. The van der Waals surface area contributed by atoms with Crippen molar-refractivity contribution in [2.45, 2.75) is 20.8 Å². The summed E-state index contributed by atoms with van der Waals surface area (Å²) in [4.78, 5) is 0. The Kier molecular flexibility index (Phi) is 5.12. The predicted molar refractivity (Wildman–Crippen MR) is 51.5 cm³/mol. The van der Waals surface area contributed by atoms with Gasteiger partial charge in [-0.3, -0.25) is 0 Å². The molecule has 66 valence electrons. The van der Waals surface area contributed by atoms with E-state index in [-0.39, 0.29) is 0 Å². The zero-order valence-electron chi connectivity index (χ0n) is 7.89. The summed E-state index contributed by atoms with van der Waals surface area (Å²) in [7, 11) is 0. The summed E-state index contributed by atoms with van der Waals surface area (Å²) >= 11 is 0. The van der Waals surface area contributed by atoms with Crippen molar-refractivity contribution < 1.29 is 4.39 Å². The van der Waals surface area contributed by atoms with Crippen LogP contribution in [0.5, 0.6) is 0 Å². The van der Waals surface area contributed by atoms with Crippen molar-refractivity contribution in [3.8, 4) is 12.3 Å². The van der Waals surface area contributed by atoms with Gasteiger partial charge >= 0.3 is 0 Å². The Hall–Kier alpha value is -1.03. The van der Waals surface area contributed by atoms with E-state index in [1.807, 2.05) is 19.9 Å². The van der Waals surface area contributed by atoms with Gasteiger partial charge in [0, 0.05) is 0 Å². The average molecular weight is 166 g/mol. The standard InChI is InChI=1S/C11H15F/c1-5-6-11(9(2)3)7-10(4)8-12/h1,6-7,9H,8H2,2-4H3/b10-7-,11-6+. The number of hydrogen-bond donors (Lipinski definition) is 0. The molecule has 0 aliphatic carbocycles. The zero-order chi connectivity index (χ0) is 9.56. The van der Waals surface area contributed by atoms with Gasteiger partial charge in [-0.05, 0) is 30.1 Å². The summed E-state index contributed by atoms with van der Waals surface area (Å²) in [5.74, 6) is 2.80. The predicted octanol–water partition coefficient (Wildman–Crippen LogP) is 3.12. The molecule has 0 aliphatic rings. The number of terminal acetylenes is 1. The molecule has 0 atom stereocenters. The van der Waals surface area contributed by atoms with Gasteiger partial charge in [0.25, 0.3) is 0 Å². The largest absolute Gasteiger partial charge is 0.246 e. The Balaban J connectivity index is 4.58. The van der Waals surface area contributed by atoms with Gasteiger partial charge in [0.15, 0.2) is 0 Å². The summed E-state index contributed by atoms with van der Waals surface area (Å²) in [6.07, 6.45) is 8.63. The van der Waals surface area contributed by atoms with Crippen molar-refractivity contribution in [1.82, 2.24) is 0 Å². The molecule has 0 heterocycles. The summed E-state index contributed by atoms with van der Waals surface area (Å²) in [6, 6.07) is 0. The van der Waals surface area contributed by atoms with Crippen LogP contribution in [0.2, 0.25) is 0 Å². The minimum absolute atomic E-state index is 0.350. The number of allylic oxidation sites excluding steroid dienone is 4. The molecular weight excluding hydrogens is 151 g/mol. The second-order valence-electron chi connectivity index (χ2n) is 3.09. The van der Waals surface area contributed by atoms with E-state index >= 15 is 0 Å². The molecule has 12 heavy (non-hydrogen) atoms. The first kappa shape index (κ1) is 11.0. The molecule has 0 saturated carbocycles. The molecular formula is C11H15F. The molecule has 0 saturated heterocycles. The number of hydrogen-bond acceptors (Lipinski definition) is 0. The van der Waals surface area contributed by atoms with Gasteiger partial charge < -0.3 is 0 Å². The molecule has 0 aromatic carbocycles. The van der Waals surface area contributed by atoms with Gasteiger partial charge in [-0.15, -0.1) is 6.42 Å². The molecule has 0 nitrogen and oxygen atoms in total. The second-order valence-corrected chi connectivity index (χ2v) is 3.09. The van der Waals surface area contributed by atoms with Crippen LogP contribution in [0, 0.1) is 18.3 Å².